The Hall–Kier alpha value is -0.570. The van der Waals surface area contributed by atoms with Crippen LogP contribution in [-0.2, 0) is 14.3 Å². The molecule has 0 bridgehead atoms. The highest BCUT2D eigenvalue weighted by atomic mass is 35.5. The van der Waals surface area contributed by atoms with Crippen LogP contribution in [-0.4, -0.2) is 17.3 Å². The summed E-state index contributed by atoms with van der Waals surface area (Å²) in [5.74, 6) is -0.610. The Bertz CT molecular complexity index is 190. The van der Waals surface area contributed by atoms with E-state index < -0.39 is 5.24 Å². The summed E-state index contributed by atoms with van der Waals surface area (Å²) in [6, 6.07) is 0. The van der Waals surface area contributed by atoms with E-state index in [1.54, 1.807) is 6.92 Å². The SMILES string of the molecule is CC1CC(CC(=O)Cl)C(=O)O1. The number of halogens is 1. The summed E-state index contributed by atoms with van der Waals surface area (Å²) >= 11 is 5.12. The van der Waals surface area contributed by atoms with E-state index in [0.29, 0.717) is 6.42 Å². The second kappa shape index (κ2) is 3.22. The van der Waals surface area contributed by atoms with Gasteiger partial charge >= 0.3 is 5.97 Å². The predicted molar refractivity (Wildman–Crippen MR) is 39.1 cm³/mol. The molecule has 0 saturated carbocycles. The van der Waals surface area contributed by atoms with E-state index in [-0.39, 0.29) is 24.4 Å². The maximum absolute atomic E-state index is 10.9. The molecule has 1 rings (SSSR count). The van der Waals surface area contributed by atoms with E-state index >= 15 is 0 Å². The molecule has 0 aromatic heterocycles. The minimum Gasteiger partial charge on any atom is -0.462 e. The first-order valence-corrected chi connectivity index (χ1v) is 3.86. The zero-order valence-corrected chi connectivity index (χ0v) is 6.93. The van der Waals surface area contributed by atoms with Crippen LogP contribution in [0.2, 0.25) is 0 Å². The molecule has 1 aliphatic rings. The molecule has 2 atom stereocenters. The summed E-state index contributed by atoms with van der Waals surface area (Å²) in [5.41, 5.74) is 0. The van der Waals surface area contributed by atoms with Gasteiger partial charge in [0, 0.05) is 6.42 Å². The molecular formula is C7H9ClO3. The number of rotatable bonds is 2. The predicted octanol–water partition coefficient (Wildman–Crippen LogP) is 1.09. The van der Waals surface area contributed by atoms with Crippen LogP contribution in [0, 0.1) is 5.92 Å². The highest BCUT2D eigenvalue weighted by Gasteiger charge is 2.32. The lowest BCUT2D eigenvalue weighted by atomic mass is 10.0. The van der Waals surface area contributed by atoms with Crippen molar-refractivity contribution >= 4 is 22.8 Å². The van der Waals surface area contributed by atoms with Gasteiger partial charge in [-0.3, -0.25) is 9.59 Å². The van der Waals surface area contributed by atoms with Crippen molar-refractivity contribution in [1.82, 2.24) is 0 Å². The van der Waals surface area contributed by atoms with Crippen LogP contribution in [0.5, 0.6) is 0 Å². The zero-order valence-electron chi connectivity index (χ0n) is 6.17. The number of hydrogen-bond acceptors (Lipinski definition) is 3. The molecule has 62 valence electrons. The second-order valence-corrected chi connectivity index (χ2v) is 3.16. The largest absolute Gasteiger partial charge is 0.462 e. The maximum Gasteiger partial charge on any atom is 0.309 e. The Balaban J connectivity index is 2.47. The molecule has 1 aliphatic heterocycles. The Kier molecular flexibility index (Phi) is 2.49. The lowest BCUT2D eigenvalue weighted by Gasteiger charge is -1.97. The maximum atomic E-state index is 10.9. The number of cyclic esters (lactones) is 1. The quantitative estimate of drug-likeness (QED) is 0.467. The fourth-order valence-corrected chi connectivity index (χ4v) is 1.39. The number of carbonyl (C=O) groups excluding carboxylic acids is 2. The highest BCUT2D eigenvalue weighted by Crippen LogP contribution is 2.24. The van der Waals surface area contributed by atoms with Crippen molar-refractivity contribution in [3.63, 3.8) is 0 Å². The molecule has 1 heterocycles. The average molecular weight is 177 g/mol. The Labute approximate surface area is 69.7 Å². The van der Waals surface area contributed by atoms with E-state index in [2.05, 4.69) is 0 Å². The summed E-state index contributed by atoms with van der Waals surface area (Å²) < 4.78 is 4.82. The third-order valence-corrected chi connectivity index (χ3v) is 1.83. The Morgan fingerprint density at radius 1 is 1.82 bits per heavy atom. The van der Waals surface area contributed by atoms with Crippen molar-refractivity contribution in [2.75, 3.05) is 0 Å². The van der Waals surface area contributed by atoms with E-state index in [0.717, 1.165) is 0 Å². The van der Waals surface area contributed by atoms with Crippen LogP contribution in [0.3, 0.4) is 0 Å². The van der Waals surface area contributed by atoms with Gasteiger partial charge in [-0.05, 0) is 24.9 Å². The van der Waals surface area contributed by atoms with Crippen LogP contribution in [0.4, 0.5) is 0 Å². The van der Waals surface area contributed by atoms with Crippen molar-refractivity contribution in [2.24, 2.45) is 5.92 Å². The molecule has 0 spiro atoms. The van der Waals surface area contributed by atoms with E-state index in [4.69, 9.17) is 16.3 Å². The molecular weight excluding hydrogens is 168 g/mol. The molecule has 11 heavy (non-hydrogen) atoms. The van der Waals surface area contributed by atoms with Crippen LogP contribution in [0.1, 0.15) is 19.8 Å². The van der Waals surface area contributed by atoms with Gasteiger partial charge in [-0.2, -0.15) is 0 Å². The summed E-state index contributed by atoms with van der Waals surface area (Å²) in [5, 5.41) is -0.471. The van der Waals surface area contributed by atoms with Crippen LogP contribution in [0.15, 0.2) is 0 Å². The van der Waals surface area contributed by atoms with E-state index in [9.17, 15) is 9.59 Å². The molecule has 0 N–H and O–H groups in total. The smallest absolute Gasteiger partial charge is 0.309 e. The summed E-state index contributed by atoms with van der Waals surface area (Å²) in [7, 11) is 0. The molecule has 4 heteroatoms. The minimum atomic E-state index is -0.471. The van der Waals surface area contributed by atoms with Crippen molar-refractivity contribution in [3.05, 3.63) is 0 Å². The van der Waals surface area contributed by atoms with Gasteiger partial charge in [0.05, 0.1) is 12.0 Å². The molecule has 0 aromatic rings. The molecule has 2 unspecified atom stereocenters. The normalized spacial score (nSPS) is 30.2. The molecule has 3 nitrogen and oxygen atoms in total. The Morgan fingerprint density at radius 2 is 2.45 bits per heavy atom. The first-order valence-electron chi connectivity index (χ1n) is 3.48. The van der Waals surface area contributed by atoms with Gasteiger partial charge in [-0.15, -0.1) is 0 Å². The van der Waals surface area contributed by atoms with Gasteiger partial charge in [-0.25, -0.2) is 0 Å². The first kappa shape index (κ1) is 8.53. The summed E-state index contributed by atoms with van der Waals surface area (Å²) in [6.45, 7) is 1.80. The molecule has 1 fully saturated rings. The lowest BCUT2D eigenvalue weighted by molar-refractivity contribution is -0.144. The standard InChI is InChI=1S/C7H9ClO3/c1-4-2-5(3-6(8)9)7(10)11-4/h4-5H,2-3H2,1H3. The highest BCUT2D eigenvalue weighted by molar-refractivity contribution is 6.63. The number of esters is 1. The lowest BCUT2D eigenvalue weighted by Crippen LogP contribution is -2.09. The third kappa shape index (κ3) is 2.19. The zero-order chi connectivity index (χ0) is 8.43. The van der Waals surface area contributed by atoms with Gasteiger partial charge in [0.1, 0.15) is 0 Å². The summed E-state index contributed by atoms with van der Waals surface area (Å²) in [6.07, 6.45) is 0.644. The van der Waals surface area contributed by atoms with Crippen LogP contribution < -0.4 is 0 Å². The molecule has 0 aromatic carbocycles. The van der Waals surface area contributed by atoms with Crippen molar-refractivity contribution in [2.45, 2.75) is 25.9 Å². The van der Waals surface area contributed by atoms with Crippen molar-refractivity contribution in [1.29, 1.82) is 0 Å². The third-order valence-electron chi connectivity index (χ3n) is 1.67. The topological polar surface area (TPSA) is 43.4 Å². The monoisotopic (exact) mass is 176 g/mol. The number of ether oxygens (including phenoxy) is 1. The molecule has 0 aliphatic carbocycles. The first-order chi connectivity index (χ1) is 5.09. The Morgan fingerprint density at radius 3 is 2.82 bits per heavy atom. The molecule has 1 saturated heterocycles. The van der Waals surface area contributed by atoms with Crippen molar-refractivity contribution in [3.8, 4) is 0 Å². The van der Waals surface area contributed by atoms with E-state index in [1.165, 1.54) is 0 Å². The van der Waals surface area contributed by atoms with Gasteiger partial charge in [0.15, 0.2) is 0 Å². The van der Waals surface area contributed by atoms with E-state index in [1.807, 2.05) is 0 Å². The number of carbonyl (C=O) groups is 2. The summed E-state index contributed by atoms with van der Waals surface area (Å²) in [4.78, 5) is 21.3. The minimum absolute atomic E-state index is 0.0662. The molecule has 0 radical (unpaired) electrons. The van der Waals surface area contributed by atoms with Crippen LogP contribution in [0.25, 0.3) is 0 Å². The average Bonchev–Trinajstić information content (AvgIpc) is 2.09. The number of hydrogen-bond donors (Lipinski definition) is 0. The fourth-order valence-electron chi connectivity index (χ4n) is 1.20. The van der Waals surface area contributed by atoms with Gasteiger partial charge < -0.3 is 4.74 Å². The van der Waals surface area contributed by atoms with Gasteiger partial charge in [0.2, 0.25) is 5.24 Å². The molecule has 0 amide bonds. The van der Waals surface area contributed by atoms with Gasteiger partial charge in [-0.1, -0.05) is 0 Å². The second-order valence-electron chi connectivity index (χ2n) is 2.74. The van der Waals surface area contributed by atoms with Gasteiger partial charge in [0.25, 0.3) is 0 Å². The van der Waals surface area contributed by atoms with Crippen LogP contribution >= 0.6 is 11.6 Å². The van der Waals surface area contributed by atoms with Crippen molar-refractivity contribution < 1.29 is 14.3 Å². The fraction of sp³-hybridized carbons (Fsp3) is 0.714.